The fraction of sp³-hybridized carbons (Fsp3) is 0.200. The van der Waals surface area contributed by atoms with Crippen molar-refractivity contribution in [2.45, 2.75) is 18.3 Å². The fourth-order valence-electron chi connectivity index (χ4n) is 4.06. The topological polar surface area (TPSA) is 80.3 Å². The minimum absolute atomic E-state index is 0.0356. The standard InChI is InChI=1S/C20H15NO4/c22-16-10-13(11-17(23)21-16)20(12-6-2-1-3-7-12)18(24)14-8-4-5-9-15(14)19(20)25/h1-9,13H,10-11H2,(H,21,22,23). The first-order valence-electron chi connectivity index (χ1n) is 8.12. The summed E-state index contributed by atoms with van der Waals surface area (Å²) >= 11 is 0. The second-order valence-electron chi connectivity index (χ2n) is 6.45. The first-order chi connectivity index (χ1) is 12.0. The van der Waals surface area contributed by atoms with Gasteiger partial charge in [-0.1, -0.05) is 54.6 Å². The number of ketones is 2. The second-order valence-corrected chi connectivity index (χ2v) is 6.45. The van der Waals surface area contributed by atoms with Crippen molar-refractivity contribution in [1.82, 2.24) is 5.32 Å². The van der Waals surface area contributed by atoms with Crippen LogP contribution in [-0.2, 0) is 15.0 Å². The molecule has 5 nitrogen and oxygen atoms in total. The molecule has 1 N–H and O–H groups in total. The summed E-state index contributed by atoms with van der Waals surface area (Å²) in [7, 11) is 0. The number of rotatable bonds is 2. The number of carbonyl (C=O) groups excluding carboxylic acids is 4. The van der Waals surface area contributed by atoms with Crippen LogP contribution in [0.25, 0.3) is 0 Å². The number of hydrogen-bond acceptors (Lipinski definition) is 4. The lowest BCUT2D eigenvalue weighted by Crippen LogP contribution is -2.52. The Labute approximate surface area is 144 Å². The highest BCUT2D eigenvalue weighted by molar-refractivity contribution is 6.33. The highest BCUT2D eigenvalue weighted by atomic mass is 16.2. The SMILES string of the molecule is O=C1CC(C2(c3ccccc3)C(=O)c3ccccc3C2=O)CC(=O)N1. The average molecular weight is 333 g/mol. The van der Waals surface area contributed by atoms with Crippen LogP contribution in [0.1, 0.15) is 39.1 Å². The molecule has 2 amide bonds. The first-order valence-corrected chi connectivity index (χ1v) is 8.12. The van der Waals surface area contributed by atoms with Gasteiger partial charge >= 0.3 is 0 Å². The molecule has 1 fully saturated rings. The quantitative estimate of drug-likeness (QED) is 0.674. The molecule has 0 unspecified atom stereocenters. The number of carbonyl (C=O) groups is 4. The maximum absolute atomic E-state index is 13.4. The van der Waals surface area contributed by atoms with E-state index >= 15 is 0 Å². The molecule has 5 heteroatoms. The number of imide groups is 1. The predicted octanol–water partition coefficient (Wildman–Crippen LogP) is 2.06. The Morgan fingerprint density at radius 1 is 0.720 bits per heavy atom. The lowest BCUT2D eigenvalue weighted by atomic mass is 9.63. The number of piperidine rings is 1. The molecule has 0 spiro atoms. The molecule has 4 rings (SSSR count). The molecule has 124 valence electrons. The van der Waals surface area contributed by atoms with Gasteiger partial charge in [-0.15, -0.1) is 0 Å². The van der Waals surface area contributed by atoms with Crippen LogP contribution in [0, 0.1) is 5.92 Å². The molecule has 0 aromatic heterocycles. The van der Waals surface area contributed by atoms with Crippen molar-refractivity contribution in [2.75, 3.05) is 0 Å². The van der Waals surface area contributed by atoms with Gasteiger partial charge in [0.15, 0.2) is 11.6 Å². The maximum atomic E-state index is 13.4. The predicted molar refractivity (Wildman–Crippen MR) is 89.1 cm³/mol. The van der Waals surface area contributed by atoms with Gasteiger partial charge < -0.3 is 0 Å². The highest BCUT2D eigenvalue weighted by Gasteiger charge is 2.59. The molecule has 2 aromatic rings. The molecule has 1 aliphatic carbocycles. The Kier molecular flexibility index (Phi) is 3.39. The van der Waals surface area contributed by atoms with Gasteiger partial charge in [-0.3, -0.25) is 24.5 Å². The summed E-state index contributed by atoms with van der Waals surface area (Å²) in [5, 5.41) is 2.25. The van der Waals surface area contributed by atoms with Gasteiger partial charge in [-0.2, -0.15) is 0 Å². The molecule has 1 heterocycles. The zero-order chi connectivity index (χ0) is 17.6. The van der Waals surface area contributed by atoms with Gasteiger partial charge in [-0.25, -0.2) is 0 Å². The van der Waals surface area contributed by atoms with E-state index in [2.05, 4.69) is 5.32 Å². The van der Waals surface area contributed by atoms with Crippen molar-refractivity contribution >= 4 is 23.4 Å². The van der Waals surface area contributed by atoms with Crippen molar-refractivity contribution < 1.29 is 19.2 Å². The molecule has 25 heavy (non-hydrogen) atoms. The Morgan fingerprint density at radius 3 is 1.72 bits per heavy atom. The molecule has 0 radical (unpaired) electrons. The number of benzene rings is 2. The Balaban J connectivity index is 1.96. The molecule has 1 saturated heterocycles. The van der Waals surface area contributed by atoms with E-state index in [-0.39, 0.29) is 24.4 Å². The van der Waals surface area contributed by atoms with Crippen LogP contribution < -0.4 is 5.32 Å². The lowest BCUT2D eigenvalue weighted by molar-refractivity contribution is -0.135. The number of amides is 2. The minimum atomic E-state index is -1.52. The van der Waals surface area contributed by atoms with Crippen molar-refractivity contribution in [3.8, 4) is 0 Å². The van der Waals surface area contributed by atoms with Crippen LogP contribution in [0.3, 0.4) is 0 Å². The zero-order valence-electron chi connectivity index (χ0n) is 13.3. The average Bonchev–Trinajstić information content (AvgIpc) is 2.84. The van der Waals surface area contributed by atoms with Crippen molar-refractivity contribution in [2.24, 2.45) is 5.92 Å². The van der Waals surface area contributed by atoms with Gasteiger partial charge in [0.25, 0.3) is 0 Å². The van der Waals surface area contributed by atoms with Crippen LogP contribution >= 0.6 is 0 Å². The molecule has 0 bridgehead atoms. The Morgan fingerprint density at radius 2 is 1.20 bits per heavy atom. The Hall–Kier alpha value is -3.08. The van der Waals surface area contributed by atoms with Gasteiger partial charge in [0.05, 0.1) is 0 Å². The molecule has 2 aliphatic rings. The fourth-order valence-corrected chi connectivity index (χ4v) is 4.06. The molecule has 0 atom stereocenters. The maximum Gasteiger partial charge on any atom is 0.226 e. The normalized spacial score (nSPS) is 19.7. The van der Waals surface area contributed by atoms with Crippen LogP contribution in [0.2, 0.25) is 0 Å². The summed E-state index contributed by atoms with van der Waals surface area (Å²) in [6, 6.07) is 15.4. The smallest absolute Gasteiger partial charge is 0.226 e. The summed E-state index contributed by atoms with van der Waals surface area (Å²) < 4.78 is 0. The third kappa shape index (κ3) is 2.09. The van der Waals surface area contributed by atoms with E-state index in [0.29, 0.717) is 16.7 Å². The van der Waals surface area contributed by atoms with E-state index in [1.54, 1.807) is 54.6 Å². The zero-order valence-corrected chi connectivity index (χ0v) is 13.3. The monoisotopic (exact) mass is 333 g/mol. The minimum Gasteiger partial charge on any atom is -0.296 e. The van der Waals surface area contributed by atoms with E-state index in [1.165, 1.54) is 0 Å². The van der Waals surface area contributed by atoms with E-state index in [0.717, 1.165) is 0 Å². The van der Waals surface area contributed by atoms with Crippen LogP contribution in [0.15, 0.2) is 54.6 Å². The van der Waals surface area contributed by atoms with E-state index < -0.39 is 23.1 Å². The first kappa shape index (κ1) is 15.4. The highest BCUT2D eigenvalue weighted by Crippen LogP contribution is 2.48. The van der Waals surface area contributed by atoms with E-state index in [1.807, 2.05) is 0 Å². The summed E-state index contributed by atoms with van der Waals surface area (Å²) in [5.74, 6) is -2.25. The lowest BCUT2D eigenvalue weighted by Gasteiger charge is -2.36. The van der Waals surface area contributed by atoms with Gasteiger partial charge in [0.1, 0.15) is 5.41 Å². The molecule has 2 aromatic carbocycles. The summed E-state index contributed by atoms with van der Waals surface area (Å²) in [6.07, 6.45) is -0.0712. The molecule has 1 aliphatic heterocycles. The molecular weight excluding hydrogens is 318 g/mol. The third-order valence-electron chi connectivity index (χ3n) is 5.12. The van der Waals surface area contributed by atoms with Gasteiger partial charge in [0, 0.05) is 29.9 Å². The molecule has 0 saturated carbocycles. The largest absolute Gasteiger partial charge is 0.296 e. The third-order valence-corrected chi connectivity index (χ3v) is 5.12. The van der Waals surface area contributed by atoms with Crippen molar-refractivity contribution in [1.29, 1.82) is 0 Å². The number of nitrogens with one attached hydrogen (secondary N) is 1. The van der Waals surface area contributed by atoms with E-state index in [9.17, 15) is 19.2 Å². The van der Waals surface area contributed by atoms with E-state index in [4.69, 9.17) is 0 Å². The van der Waals surface area contributed by atoms with Crippen molar-refractivity contribution in [3.63, 3.8) is 0 Å². The summed E-state index contributed by atoms with van der Waals surface area (Å²) in [6.45, 7) is 0. The molecular formula is C20H15NO4. The summed E-state index contributed by atoms with van der Waals surface area (Å²) in [4.78, 5) is 50.6. The Bertz CT molecular complexity index is 865. The number of Topliss-reactive ketones (excluding diaryl/α,β-unsaturated/α-hetero) is 2. The number of hydrogen-bond donors (Lipinski definition) is 1. The van der Waals surface area contributed by atoms with Gasteiger partial charge in [-0.05, 0) is 5.56 Å². The van der Waals surface area contributed by atoms with Gasteiger partial charge in [0.2, 0.25) is 11.8 Å². The van der Waals surface area contributed by atoms with Crippen LogP contribution in [-0.4, -0.2) is 23.4 Å². The number of fused-ring (bicyclic) bond motifs is 1. The van der Waals surface area contributed by atoms with Crippen molar-refractivity contribution in [3.05, 3.63) is 71.3 Å². The van der Waals surface area contributed by atoms with Crippen LogP contribution in [0.4, 0.5) is 0 Å². The van der Waals surface area contributed by atoms with Crippen LogP contribution in [0.5, 0.6) is 0 Å². The summed E-state index contributed by atoms with van der Waals surface area (Å²) in [5.41, 5.74) is -0.267. The second kappa shape index (κ2) is 5.48.